The van der Waals surface area contributed by atoms with E-state index in [1.807, 2.05) is 19.1 Å². The number of halogens is 1. The van der Waals surface area contributed by atoms with Gasteiger partial charge in [-0.1, -0.05) is 0 Å². The summed E-state index contributed by atoms with van der Waals surface area (Å²) in [6.45, 7) is 1.87. The van der Waals surface area contributed by atoms with Crippen LogP contribution in [0.1, 0.15) is 6.92 Å². The van der Waals surface area contributed by atoms with Crippen molar-refractivity contribution < 1.29 is 0 Å². The quantitative estimate of drug-likeness (QED) is 0.864. The smallest absolute Gasteiger partial charge is 0.113 e. The van der Waals surface area contributed by atoms with Gasteiger partial charge in [0.05, 0.1) is 6.07 Å². The lowest BCUT2D eigenvalue weighted by Crippen LogP contribution is -2.40. The fourth-order valence-electron chi connectivity index (χ4n) is 0.850. The molecule has 0 bridgehead atoms. The molecule has 0 radical (unpaired) electrons. The number of thioether (sulfide) groups is 1. The molecule has 0 aliphatic carbocycles. The number of hydrogen-bond acceptors (Lipinski definition) is 4. The summed E-state index contributed by atoms with van der Waals surface area (Å²) in [6, 6.07) is 6.06. The first kappa shape index (κ1) is 12.5. The Hall–Kier alpha value is -0.570. The van der Waals surface area contributed by atoms with Gasteiger partial charge in [0.15, 0.2) is 0 Å². The molecule has 0 aliphatic heterocycles. The minimum absolute atomic E-state index is 0.512. The molecule has 0 fully saturated rings. The number of hydrogen-bond donors (Lipinski definition) is 1. The van der Waals surface area contributed by atoms with Crippen LogP contribution in [-0.2, 0) is 0 Å². The second-order valence-corrected chi connectivity index (χ2v) is 5.09. The van der Waals surface area contributed by atoms with Crippen molar-refractivity contribution in [3.05, 3.63) is 22.8 Å². The lowest BCUT2D eigenvalue weighted by atomic mass is 10.1. The molecular weight excluding hydrogens is 274 g/mol. The maximum atomic E-state index is 8.97. The van der Waals surface area contributed by atoms with Crippen molar-refractivity contribution in [1.29, 1.82) is 5.26 Å². The monoisotopic (exact) mass is 285 g/mol. The van der Waals surface area contributed by atoms with E-state index in [0.29, 0.717) is 5.75 Å². The number of nitrogens with one attached hydrogen (secondary N) is 1. The van der Waals surface area contributed by atoms with Crippen molar-refractivity contribution in [3.8, 4) is 6.07 Å². The van der Waals surface area contributed by atoms with Gasteiger partial charge in [-0.25, -0.2) is 4.98 Å². The number of aromatic nitrogens is 1. The van der Waals surface area contributed by atoms with Crippen molar-refractivity contribution in [2.45, 2.75) is 17.5 Å². The summed E-state index contributed by atoms with van der Waals surface area (Å²) in [4.78, 5) is 4.23. The molecule has 0 saturated carbocycles. The van der Waals surface area contributed by atoms with Gasteiger partial charge >= 0.3 is 0 Å². The largest absolute Gasteiger partial charge is 0.302 e. The molecule has 0 aromatic carbocycles. The van der Waals surface area contributed by atoms with Crippen LogP contribution in [0.25, 0.3) is 0 Å². The molecule has 80 valence electrons. The maximum absolute atomic E-state index is 8.97. The molecule has 15 heavy (non-hydrogen) atoms. The average Bonchev–Trinajstić information content (AvgIpc) is 2.28. The summed E-state index contributed by atoms with van der Waals surface area (Å²) in [5, 5.41) is 12.9. The van der Waals surface area contributed by atoms with Crippen molar-refractivity contribution >= 4 is 27.7 Å². The summed E-state index contributed by atoms with van der Waals surface area (Å²) < 4.78 is 0.964. The van der Waals surface area contributed by atoms with Gasteiger partial charge in [-0.2, -0.15) is 5.26 Å². The highest BCUT2D eigenvalue weighted by atomic mass is 79.9. The Kier molecular flexibility index (Phi) is 4.58. The minimum atomic E-state index is -0.512. The molecule has 0 amide bonds. The molecular formula is C10H12BrN3S. The Morgan fingerprint density at radius 3 is 3.00 bits per heavy atom. The molecule has 0 aliphatic rings. The van der Waals surface area contributed by atoms with Crippen molar-refractivity contribution in [3.63, 3.8) is 0 Å². The van der Waals surface area contributed by atoms with Crippen LogP contribution < -0.4 is 5.32 Å². The molecule has 3 nitrogen and oxygen atoms in total. The zero-order valence-electron chi connectivity index (χ0n) is 8.62. The van der Waals surface area contributed by atoms with E-state index in [-0.39, 0.29) is 0 Å². The third-order valence-electron chi connectivity index (χ3n) is 2.02. The van der Waals surface area contributed by atoms with E-state index < -0.39 is 5.54 Å². The van der Waals surface area contributed by atoms with Crippen LogP contribution in [0.4, 0.5) is 0 Å². The Morgan fingerprint density at radius 2 is 2.47 bits per heavy atom. The van der Waals surface area contributed by atoms with Crippen LogP contribution in [0.2, 0.25) is 0 Å². The molecule has 1 aromatic heterocycles. The number of rotatable bonds is 4. The summed E-state index contributed by atoms with van der Waals surface area (Å²) in [5.41, 5.74) is -0.512. The van der Waals surface area contributed by atoms with Gasteiger partial charge in [0, 0.05) is 16.4 Å². The van der Waals surface area contributed by atoms with E-state index in [0.717, 1.165) is 9.50 Å². The Bertz CT molecular complexity index is 377. The predicted molar refractivity (Wildman–Crippen MR) is 65.7 cm³/mol. The van der Waals surface area contributed by atoms with E-state index in [1.54, 1.807) is 25.0 Å². The van der Waals surface area contributed by atoms with E-state index >= 15 is 0 Å². The van der Waals surface area contributed by atoms with Crippen molar-refractivity contribution in [2.75, 3.05) is 12.8 Å². The number of nitrogens with zero attached hydrogens (tertiary/aromatic N) is 2. The van der Waals surface area contributed by atoms with Crippen molar-refractivity contribution in [1.82, 2.24) is 10.3 Å². The van der Waals surface area contributed by atoms with E-state index in [1.165, 1.54) is 0 Å². The average molecular weight is 286 g/mol. The third kappa shape index (κ3) is 3.49. The van der Waals surface area contributed by atoms with Gasteiger partial charge in [-0.3, -0.25) is 0 Å². The van der Waals surface area contributed by atoms with Gasteiger partial charge in [-0.15, -0.1) is 11.8 Å². The van der Waals surface area contributed by atoms with Gasteiger partial charge in [-0.05, 0) is 42.0 Å². The topological polar surface area (TPSA) is 48.7 Å². The SMILES string of the molecule is CNC(C)(C#N)CSc1ncccc1Br. The lowest BCUT2D eigenvalue weighted by molar-refractivity contribution is 0.550. The van der Waals surface area contributed by atoms with E-state index in [9.17, 15) is 0 Å². The highest BCUT2D eigenvalue weighted by Gasteiger charge is 2.21. The molecule has 1 heterocycles. The van der Waals surface area contributed by atoms with Gasteiger partial charge in [0.2, 0.25) is 0 Å². The highest BCUT2D eigenvalue weighted by Crippen LogP contribution is 2.27. The normalized spacial score (nSPS) is 14.3. The van der Waals surface area contributed by atoms with Gasteiger partial charge in [0.1, 0.15) is 10.6 Å². The third-order valence-corrected chi connectivity index (χ3v) is 4.24. The van der Waals surface area contributed by atoms with Gasteiger partial charge in [0.25, 0.3) is 0 Å². The van der Waals surface area contributed by atoms with E-state index in [2.05, 4.69) is 32.3 Å². The first-order valence-electron chi connectivity index (χ1n) is 4.45. The molecule has 0 spiro atoms. The van der Waals surface area contributed by atoms with Crippen LogP contribution in [-0.4, -0.2) is 23.3 Å². The Morgan fingerprint density at radius 1 is 1.73 bits per heavy atom. The molecule has 1 aromatic rings. The summed E-state index contributed by atoms with van der Waals surface area (Å²) >= 11 is 4.98. The fraction of sp³-hybridized carbons (Fsp3) is 0.400. The molecule has 5 heteroatoms. The zero-order valence-corrected chi connectivity index (χ0v) is 11.0. The summed E-state index contributed by atoms with van der Waals surface area (Å²) in [6.07, 6.45) is 1.75. The number of nitriles is 1. The highest BCUT2D eigenvalue weighted by molar-refractivity contribution is 9.10. The second kappa shape index (κ2) is 5.50. The standard InChI is InChI=1S/C10H12BrN3S/c1-10(6-12,13-2)7-15-9-8(11)4-3-5-14-9/h3-5,13H,7H2,1-2H3. The maximum Gasteiger partial charge on any atom is 0.113 e. The molecule has 1 unspecified atom stereocenters. The van der Waals surface area contributed by atoms with Crippen LogP contribution in [0.15, 0.2) is 27.8 Å². The van der Waals surface area contributed by atoms with Crippen molar-refractivity contribution in [2.24, 2.45) is 0 Å². The first-order chi connectivity index (χ1) is 7.11. The lowest BCUT2D eigenvalue weighted by Gasteiger charge is -2.19. The van der Waals surface area contributed by atoms with Crippen LogP contribution in [0, 0.1) is 11.3 Å². The van der Waals surface area contributed by atoms with Crippen LogP contribution in [0.3, 0.4) is 0 Å². The first-order valence-corrected chi connectivity index (χ1v) is 6.22. The predicted octanol–water partition coefficient (Wildman–Crippen LogP) is 2.44. The van der Waals surface area contributed by atoms with Crippen LogP contribution in [0.5, 0.6) is 0 Å². The van der Waals surface area contributed by atoms with Gasteiger partial charge < -0.3 is 5.32 Å². The Labute approximate surface area is 102 Å². The second-order valence-electron chi connectivity index (χ2n) is 3.27. The minimum Gasteiger partial charge on any atom is -0.302 e. The summed E-state index contributed by atoms with van der Waals surface area (Å²) in [7, 11) is 1.79. The zero-order chi connectivity index (χ0) is 11.3. The van der Waals surface area contributed by atoms with E-state index in [4.69, 9.17) is 5.26 Å². The molecule has 1 rings (SSSR count). The fourth-order valence-corrected chi connectivity index (χ4v) is 2.42. The molecule has 1 N–H and O–H groups in total. The Balaban J connectivity index is 2.66. The van der Waals surface area contributed by atoms with Crippen LogP contribution >= 0.6 is 27.7 Å². The number of pyridine rings is 1. The molecule has 0 saturated heterocycles. The molecule has 1 atom stereocenters. The summed E-state index contributed by atoms with van der Waals surface area (Å²) in [5.74, 6) is 0.662.